The van der Waals surface area contributed by atoms with E-state index in [-0.39, 0.29) is 17.7 Å². The molecule has 0 bridgehead atoms. The molecule has 0 aliphatic carbocycles. The van der Waals surface area contributed by atoms with Crippen LogP contribution in [-0.4, -0.2) is 25.3 Å². The van der Waals surface area contributed by atoms with E-state index >= 15 is 8.78 Å². The Hall–Kier alpha value is -4.80. The standard InChI is InChI=1S/C24H15F2N5O4/c1-12-3-7-14(8-4-12)21-27-29-23(34-21)16-11-17(31(32)33)20(26)18(19(16)25)24-30-28-22(35-24)15-9-5-13(2)6-10-15/h3-11H,1-2H3. The third kappa shape index (κ3) is 4.03. The van der Waals surface area contributed by atoms with Gasteiger partial charge < -0.3 is 8.83 Å². The summed E-state index contributed by atoms with van der Waals surface area (Å²) in [6, 6.07) is 14.8. The van der Waals surface area contributed by atoms with Gasteiger partial charge in [0.15, 0.2) is 5.82 Å². The van der Waals surface area contributed by atoms with Gasteiger partial charge in [-0.05, 0) is 38.1 Å². The van der Waals surface area contributed by atoms with E-state index in [9.17, 15) is 10.1 Å². The molecule has 3 aromatic carbocycles. The maximum absolute atomic E-state index is 15.6. The zero-order valence-corrected chi connectivity index (χ0v) is 18.3. The molecule has 0 aliphatic heterocycles. The van der Waals surface area contributed by atoms with Crippen molar-refractivity contribution in [1.82, 2.24) is 20.4 Å². The Labute approximate surface area is 196 Å². The number of nitro benzene ring substituents is 1. The fraction of sp³-hybridized carbons (Fsp3) is 0.0833. The highest BCUT2D eigenvalue weighted by atomic mass is 19.1. The van der Waals surface area contributed by atoms with Crippen LogP contribution in [0.3, 0.4) is 0 Å². The molecule has 0 saturated heterocycles. The Balaban J connectivity index is 1.63. The molecule has 0 saturated carbocycles. The van der Waals surface area contributed by atoms with Crippen LogP contribution in [0.2, 0.25) is 0 Å². The summed E-state index contributed by atoms with van der Waals surface area (Å²) in [5.74, 6) is -3.57. The van der Waals surface area contributed by atoms with Gasteiger partial charge in [-0.1, -0.05) is 35.4 Å². The fourth-order valence-electron chi connectivity index (χ4n) is 3.38. The molecular weight excluding hydrogens is 460 g/mol. The first-order valence-electron chi connectivity index (χ1n) is 10.3. The molecule has 0 atom stereocenters. The minimum Gasteiger partial charge on any atom is -0.416 e. The van der Waals surface area contributed by atoms with Gasteiger partial charge in [-0.15, -0.1) is 20.4 Å². The lowest BCUT2D eigenvalue weighted by molar-refractivity contribution is -0.387. The van der Waals surface area contributed by atoms with E-state index in [4.69, 9.17) is 8.83 Å². The second kappa shape index (κ2) is 8.52. The molecule has 174 valence electrons. The molecule has 5 rings (SSSR count). The van der Waals surface area contributed by atoms with Gasteiger partial charge in [0.2, 0.25) is 17.6 Å². The number of nitro groups is 1. The first-order valence-corrected chi connectivity index (χ1v) is 10.3. The van der Waals surface area contributed by atoms with Crippen LogP contribution in [0.15, 0.2) is 63.4 Å². The van der Waals surface area contributed by atoms with Gasteiger partial charge in [0.1, 0.15) is 5.56 Å². The zero-order valence-electron chi connectivity index (χ0n) is 18.3. The summed E-state index contributed by atoms with van der Waals surface area (Å²) in [6.07, 6.45) is 0. The maximum atomic E-state index is 15.6. The first-order chi connectivity index (χ1) is 16.8. The van der Waals surface area contributed by atoms with Crippen molar-refractivity contribution in [3.05, 3.63) is 87.5 Å². The molecule has 9 nitrogen and oxygen atoms in total. The number of nitrogens with zero attached hydrogens (tertiary/aromatic N) is 5. The van der Waals surface area contributed by atoms with Crippen LogP contribution in [0.1, 0.15) is 11.1 Å². The molecule has 2 aromatic heterocycles. The van der Waals surface area contributed by atoms with Crippen molar-refractivity contribution >= 4 is 5.69 Å². The van der Waals surface area contributed by atoms with Crippen molar-refractivity contribution in [3.8, 4) is 45.8 Å². The fourth-order valence-corrected chi connectivity index (χ4v) is 3.38. The topological polar surface area (TPSA) is 121 Å². The molecule has 0 unspecified atom stereocenters. The van der Waals surface area contributed by atoms with Crippen LogP contribution in [-0.2, 0) is 0 Å². The predicted molar refractivity (Wildman–Crippen MR) is 120 cm³/mol. The monoisotopic (exact) mass is 475 g/mol. The molecule has 0 amide bonds. The summed E-state index contributed by atoms with van der Waals surface area (Å²) < 4.78 is 41.7. The smallest absolute Gasteiger partial charge is 0.306 e. The van der Waals surface area contributed by atoms with Crippen molar-refractivity contribution in [2.75, 3.05) is 0 Å². The second-order valence-corrected chi connectivity index (χ2v) is 7.76. The van der Waals surface area contributed by atoms with Gasteiger partial charge in [0.05, 0.1) is 10.5 Å². The summed E-state index contributed by atoms with van der Waals surface area (Å²) in [5, 5.41) is 26.8. The molecule has 2 heterocycles. The maximum Gasteiger partial charge on any atom is 0.306 e. The van der Waals surface area contributed by atoms with Gasteiger partial charge in [-0.3, -0.25) is 10.1 Å². The van der Waals surface area contributed by atoms with E-state index < -0.39 is 39.3 Å². The third-order valence-corrected chi connectivity index (χ3v) is 5.27. The number of hydrogen-bond donors (Lipinski definition) is 0. The van der Waals surface area contributed by atoms with Crippen molar-refractivity contribution in [1.29, 1.82) is 0 Å². The van der Waals surface area contributed by atoms with Crippen molar-refractivity contribution < 1.29 is 22.5 Å². The van der Waals surface area contributed by atoms with Gasteiger partial charge >= 0.3 is 5.69 Å². The van der Waals surface area contributed by atoms with Gasteiger partial charge in [0, 0.05) is 17.2 Å². The first kappa shape index (κ1) is 22.0. The minimum atomic E-state index is -1.46. The van der Waals surface area contributed by atoms with Crippen molar-refractivity contribution in [3.63, 3.8) is 0 Å². The van der Waals surface area contributed by atoms with E-state index in [0.717, 1.165) is 11.1 Å². The largest absolute Gasteiger partial charge is 0.416 e. The van der Waals surface area contributed by atoms with Crippen LogP contribution in [0.5, 0.6) is 0 Å². The van der Waals surface area contributed by atoms with E-state index in [1.165, 1.54) is 0 Å². The summed E-state index contributed by atoms with van der Waals surface area (Å²) in [7, 11) is 0. The average molecular weight is 475 g/mol. The molecule has 35 heavy (non-hydrogen) atoms. The second-order valence-electron chi connectivity index (χ2n) is 7.76. The van der Waals surface area contributed by atoms with Gasteiger partial charge in [0.25, 0.3) is 11.8 Å². The number of rotatable bonds is 5. The Kier molecular flexibility index (Phi) is 5.36. The van der Waals surface area contributed by atoms with E-state index in [2.05, 4.69) is 20.4 Å². The SMILES string of the molecule is Cc1ccc(-c2nnc(-c3cc([N+](=O)[O-])c(F)c(-c4nnc(-c5ccc(C)cc5)o4)c3F)o2)cc1. The number of hydrogen-bond acceptors (Lipinski definition) is 8. The Bertz CT molecular complexity index is 1560. The average Bonchev–Trinajstić information content (AvgIpc) is 3.51. The highest BCUT2D eigenvalue weighted by Crippen LogP contribution is 2.38. The minimum absolute atomic E-state index is 0.00805. The Morgan fingerprint density at radius 3 is 1.69 bits per heavy atom. The molecule has 0 fully saturated rings. The number of aromatic nitrogens is 4. The van der Waals surface area contributed by atoms with Crippen molar-refractivity contribution in [2.45, 2.75) is 13.8 Å². The normalized spacial score (nSPS) is 11.1. The summed E-state index contributed by atoms with van der Waals surface area (Å²) in [4.78, 5) is 10.5. The van der Waals surface area contributed by atoms with Crippen LogP contribution in [0.4, 0.5) is 14.5 Å². The molecule has 0 N–H and O–H groups in total. The van der Waals surface area contributed by atoms with Crippen LogP contribution in [0, 0.1) is 35.6 Å². The Morgan fingerprint density at radius 1 is 0.714 bits per heavy atom. The lowest BCUT2D eigenvalue weighted by atomic mass is 10.1. The Morgan fingerprint density at radius 2 is 1.17 bits per heavy atom. The molecule has 11 heteroatoms. The molecule has 0 aliphatic rings. The third-order valence-electron chi connectivity index (χ3n) is 5.27. The van der Waals surface area contributed by atoms with E-state index in [1.54, 1.807) is 36.4 Å². The summed E-state index contributed by atoms with van der Waals surface area (Å²) >= 11 is 0. The van der Waals surface area contributed by atoms with E-state index in [1.807, 2.05) is 26.0 Å². The van der Waals surface area contributed by atoms with Crippen molar-refractivity contribution in [2.24, 2.45) is 0 Å². The van der Waals surface area contributed by atoms with E-state index in [0.29, 0.717) is 17.2 Å². The quantitative estimate of drug-likeness (QED) is 0.227. The van der Waals surface area contributed by atoms with Crippen LogP contribution in [0.25, 0.3) is 45.8 Å². The highest BCUT2D eigenvalue weighted by molar-refractivity contribution is 5.72. The zero-order chi connectivity index (χ0) is 24.7. The lowest BCUT2D eigenvalue weighted by Gasteiger charge is -2.05. The van der Waals surface area contributed by atoms with Gasteiger partial charge in [-0.2, -0.15) is 4.39 Å². The highest BCUT2D eigenvalue weighted by Gasteiger charge is 2.32. The molecule has 0 spiro atoms. The number of halogens is 2. The summed E-state index contributed by atoms with van der Waals surface area (Å²) in [6.45, 7) is 3.79. The van der Waals surface area contributed by atoms with Gasteiger partial charge in [-0.25, -0.2) is 4.39 Å². The summed E-state index contributed by atoms with van der Waals surface area (Å²) in [5.41, 5.74) is 0.707. The van der Waals surface area contributed by atoms with Crippen LogP contribution >= 0.6 is 0 Å². The molecule has 5 aromatic rings. The number of benzene rings is 3. The molecule has 0 radical (unpaired) electrons. The predicted octanol–water partition coefficient (Wildman–Crippen LogP) is 5.92. The number of aryl methyl sites for hydroxylation is 2. The lowest BCUT2D eigenvalue weighted by Crippen LogP contribution is -2.01. The van der Waals surface area contributed by atoms with Crippen LogP contribution < -0.4 is 0 Å². The molecular formula is C24H15F2N5O4.